The van der Waals surface area contributed by atoms with Crippen LogP contribution in [0.4, 0.5) is 0 Å². The molecule has 90 valence electrons. The van der Waals surface area contributed by atoms with Gasteiger partial charge in [-0.3, -0.25) is 0 Å². The van der Waals surface area contributed by atoms with Crippen LogP contribution in [0, 0.1) is 0 Å². The Morgan fingerprint density at radius 2 is 1.94 bits per heavy atom. The van der Waals surface area contributed by atoms with Gasteiger partial charge in [-0.2, -0.15) is 0 Å². The molecule has 2 aliphatic rings. The molecule has 2 aliphatic heterocycles. The number of allylic oxidation sites excluding steroid dienone is 1. The fraction of sp³-hybridized carbons (Fsp3) is 0.182. The highest BCUT2D eigenvalue weighted by Crippen LogP contribution is 2.53. The standard InChI is InChI=1S/C11H10O2S4/c1-7(9(12)13)2-3-8-6-16-11(17-8)10-14-4-5-15-10/h4-6H,1-3H2,(H,12,13). The van der Waals surface area contributed by atoms with Crippen LogP contribution < -0.4 is 0 Å². The van der Waals surface area contributed by atoms with Crippen LogP contribution in [-0.2, 0) is 4.79 Å². The zero-order valence-corrected chi connectivity index (χ0v) is 12.1. The largest absolute Gasteiger partial charge is 0.478 e. The van der Waals surface area contributed by atoms with Gasteiger partial charge in [0.1, 0.15) is 0 Å². The van der Waals surface area contributed by atoms with Crippen LogP contribution in [-0.4, -0.2) is 11.1 Å². The number of carbonyl (C=O) groups is 1. The van der Waals surface area contributed by atoms with Crippen LogP contribution in [0.15, 0.2) is 41.8 Å². The average molecular weight is 302 g/mol. The zero-order valence-electron chi connectivity index (χ0n) is 8.84. The summed E-state index contributed by atoms with van der Waals surface area (Å²) in [5, 5.41) is 15.0. The summed E-state index contributed by atoms with van der Waals surface area (Å²) in [5.41, 5.74) is 0.281. The molecule has 1 N–H and O–H groups in total. The molecular formula is C11H10O2S4. The van der Waals surface area contributed by atoms with Gasteiger partial charge < -0.3 is 5.11 Å². The van der Waals surface area contributed by atoms with Crippen molar-refractivity contribution in [3.63, 3.8) is 0 Å². The highest BCUT2D eigenvalue weighted by atomic mass is 32.2. The van der Waals surface area contributed by atoms with Gasteiger partial charge in [-0.05, 0) is 34.0 Å². The van der Waals surface area contributed by atoms with Gasteiger partial charge in [0.25, 0.3) is 0 Å². The maximum Gasteiger partial charge on any atom is 0.330 e. The van der Waals surface area contributed by atoms with Gasteiger partial charge in [0.2, 0.25) is 0 Å². The van der Waals surface area contributed by atoms with Crippen molar-refractivity contribution in [1.29, 1.82) is 0 Å². The van der Waals surface area contributed by atoms with E-state index in [4.69, 9.17) is 5.11 Å². The van der Waals surface area contributed by atoms with E-state index in [9.17, 15) is 4.79 Å². The van der Waals surface area contributed by atoms with Gasteiger partial charge in [-0.25, -0.2) is 4.79 Å². The average Bonchev–Trinajstić information content (AvgIpc) is 2.95. The number of rotatable bonds is 4. The van der Waals surface area contributed by atoms with Gasteiger partial charge in [0.05, 0.1) is 8.47 Å². The van der Waals surface area contributed by atoms with Crippen molar-refractivity contribution < 1.29 is 9.90 Å². The molecule has 2 rings (SSSR count). The fourth-order valence-corrected chi connectivity index (χ4v) is 5.70. The smallest absolute Gasteiger partial charge is 0.330 e. The Bertz CT molecular complexity index is 438. The number of thioether (sulfide) groups is 4. The minimum Gasteiger partial charge on any atom is -0.478 e. The molecular weight excluding hydrogens is 292 g/mol. The highest BCUT2D eigenvalue weighted by Gasteiger charge is 2.18. The normalized spacial score (nSPS) is 18.7. The molecule has 0 amide bonds. The van der Waals surface area contributed by atoms with Crippen molar-refractivity contribution in [1.82, 2.24) is 0 Å². The molecule has 0 radical (unpaired) electrons. The van der Waals surface area contributed by atoms with Crippen molar-refractivity contribution in [2.75, 3.05) is 0 Å². The summed E-state index contributed by atoms with van der Waals surface area (Å²) >= 11 is 6.97. The third-order valence-corrected chi connectivity index (χ3v) is 7.20. The summed E-state index contributed by atoms with van der Waals surface area (Å²) in [4.78, 5) is 11.9. The molecule has 0 aromatic rings. The van der Waals surface area contributed by atoms with E-state index in [0.717, 1.165) is 6.42 Å². The Kier molecular flexibility index (Phi) is 4.78. The maximum absolute atomic E-state index is 10.6. The number of aliphatic carboxylic acids is 1. The van der Waals surface area contributed by atoms with Crippen molar-refractivity contribution in [3.05, 3.63) is 41.8 Å². The lowest BCUT2D eigenvalue weighted by Gasteiger charge is -2.02. The van der Waals surface area contributed by atoms with Gasteiger partial charge in [-0.15, -0.1) is 0 Å². The monoisotopic (exact) mass is 302 g/mol. The maximum atomic E-state index is 10.6. The Morgan fingerprint density at radius 1 is 1.24 bits per heavy atom. The van der Waals surface area contributed by atoms with E-state index in [1.807, 2.05) is 0 Å². The second kappa shape index (κ2) is 6.13. The van der Waals surface area contributed by atoms with Crippen molar-refractivity contribution >= 4 is 53.0 Å². The lowest BCUT2D eigenvalue weighted by molar-refractivity contribution is -0.132. The van der Waals surface area contributed by atoms with E-state index >= 15 is 0 Å². The minimum atomic E-state index is -0.897. The molecule has 0 aromatic heterocycles. The minimum absolute atomic E-state index is 0.281. The summed E-state index contributed by atoms with van der Waals surface area (Å²) in [6.45, 7) is 3.54. The highest BCUT2D eigenvalue weighted by molar-refractivity contribution is 8.33. The summed E-state index contributed by atoms with van der Waals surface area (Å²) < 4.78 is 2.63. The first kappa shape index (κ1) is 13.3. The van der Waals surface area contributed by atoms with Crippen LogP contribution in [0.2, 0.25) is 0 Å². The summed E-state index contributed by atoms with van der Waals surface area (Å²) in [6.07, 6.45) is 1.29. The molecule has 0 fully saturated rings. The summed E-state index contributed by atoms with van der Waals surface area (Å²) in [6, 6.07) is 0. The van der Waals surface area contributed by atoms with Crippen LogP contribution >= 0.6 is 47.0 Å². The van der Waals surface area contributed by atoms with E-state index in [0.29, 0.717) is 6.42 Å². The fourth-order valence-electron chi connectivity index (χ4n) is 1.17. The molecule has 2 nitrogen and oxygen atoms in total. The topological polar surface area (TPSA) is 37.3 Å². The Balaban J connectivity index is 1.84. The van der Waals surface area contributed by atoms with Gasteiger partial charge in [0, 0.05) is 5.57 Å². The lowest BCUT2D eigenvalue weighted by atomic mass is 10.2. The zero-order chi connectivity index (χ0) is 12.3. The van der Waals surface area contributed by atoms with Crippen molar-refractivity contribution in [2.45, 2.75) is 12.8 Å². The first-order valence-electron chi connectivity index (χ1n) is 4.84. The van der Waals surface area contributed by atoms with E-state index in [1.54, 1.807) is 47.0 Å². The molecule has 2 heterocycles. The summed E-state index contributed by atoms with van der Waals surface area (Å²) in [7, 11) is 0. The van der Waals surface area contributed by atoms with E-state index in [-0.39, 0.29) is 5.57 Å². The first-order valence-corrected chi connectivity index (χ1v) is 8.29. The van der Waals surface area contributed by atoms with Crippen LogP contribution in [0.3, 0.4) is 0 Å². The lowest BCUT2D eigenvalue weighted by Crippen LogP contribution is -1.98. The Hall–Kier alpha value is -0.170. The predicted octanol–water partition coefficient (Wildman–Crippen LogP) is 4.81. The predicted molar refractivity (Wildman–Crippen MR) is 80.6 cm³/mol. The number of carboxylic acids is 1. The van der Waals surface area contributed by atoms with E-state index in [2.05, 4.69) is 22.8 Å². The molecule has 0 aromatic carbocycles. The Morgan fingerprint density at radius 3 is 2.59 bits per heavy atom. The van der Waals surface area contributed by atoms with Gasteiger partial charge in [0.15, 0.2) is 0 Å². The van der Waals surface area contributed by atoms with E-state index in [1.165, 1.54) is 13.4 Å². The molecule has 0 unspecified atom stereocenters. The van der Waals surface area contributed by atoms with E-state index < -0.39 is 5.97 Å². The number of hydrogen-bond acceptors (Lipinski definition) is 5. The summed E-state index contributed by atoms with van der Waals surface area (Å²) in [5.74, 6) is -0.897. The SMILES string of the molecule is C=C(CCC1=CSC(=C2SC=CS2)S1)C(=O)O. The number of carboxylic acid groups (broad SMARTS) is 1. The van der Waals surface area contributed by atoms with Gasteiger partial charge in [-0.1, -0.05) is 53.6 Å². The van der Waals surface area contributed by atoms with Crippen LogP contribution in [0.1, 0.15) is 12.8 Å². The first-order chi connectivity index (χ1) is 8.16. The third kappa shape index (κ3) is 3.64. The molecule has 0 spiro atoms. The molecule has 0 aliphatic carbocycles. The second-order valence-electron chi connectivity index (χ2n) is 3.30. The van der Waals surface area contributed by atoms with Crippen LogP contribution in [0.5, 0.6) is 0 Å². The third-order valence-electron chi connectivity index (χ3n) is 2.07. The quantitative estimate of drug-likeness (QED) is 0.751. The molecule has 0 bridgehead atoms. The van der Waals surface area contributed by atoms with Gasteiger partial charge >= 0.3 is 5.97 Å². The molecule has 17 heavy (non-hydrogen) atoms. The van der Waals surface area contributed by atoms with Crippen LogP contribution in [0.25, 0.3) is 0 Å². The number of hydrogen-bond donors (Lipinski definition) is 1. The second-order valence-corrected chi connectivity index (χ2v) is 7.66. The Labute approximate surface area is 117 Å². The molecule has 0 saturated carbocycles. The van der Waals surface area contributed by atoms with Crippen molar-refractivity contribution in [3.8, 4) is 0 Å². The molecule has 0 atom stereocenters. The molecule has 6 heteroatoms. The van der Waals surface area contributed by atoms with Crippen molar-refractivity contribution in [2.24, 2.45) is 0 Å². The molecule has 0 saturated heterocycles.